The van der Waals surface area contributed by atoms with Gasteiger partial charge in [0, 0.05) is 32.6 Å². The monoisotopic (exact) mass is 570 g/mol. The van der Waals surface area contributed by atoms with Crippen molar-refractivity contribution >= 4 is 83.5 Å². The lowest BCUT2D eigenvalue weighted by atomic mass is 10.2. The lowest BCUT2D eigenvalue weighted by molar-refractivity contribution is 0.103. The fourth-order valence-electron chi connectivity index (χ4n) is 3.19. The summed E-state index contributed by atoms with van der Waals surface area (Å²) in [4.78, 5) is 13.3. The Bertz CT molecular complexity index is 1550. The van der Waals surface area contributed by atoms with Crippen molar-refractivity contribution in [3.8, 4) is 17.2 Å². The fourth-order valence-corrected chi connectivity index (χ4v) is 5.51. The lowest BCUT2D eigenvalue weighted by Gasteiger charge is -2.11. The van der Waals surface area contributed by atoms with Crippen molar-refractivity contribution in [1.29, 1.82) is 0 Å². The summed E-state index contributed by atoms with van der Waals surface area (Å²) in [6.45, 7) is 0. The van der Waals surface area contributed by atoms with E-state index in [4.69, 9.17) is 44.3 Å². The number of hydrogen-bond acceptors (Lipinski definition) is 6. The van der Waals surface area contributed by atoms with E-state index in [0.717, 1.165) is 11.0 Å². The zero-order chi connectivity index (χ0) is 25.3. The van der Waals surface area contributed by atoms with Crippen molar-refractivity contribution in [2.24, 2.45) is 0 Å². The topological polar surface area (TPSA) is 93.7 Å². The molecule has 0 atom stereocenters. The summed E-state index contributed by atoms with van der Waals surface area (Å²) in [5.41, 5.74) is 0.655. The number of amides is 1. The predicted molar refractivity (Wildman–Crippen MR) is 143 cm³/mol. The number of sulfonamides is 1. The SMILES string of the molecule is COc1cc(Cl)cc(Oc2cc(Cl)cc(NC(=O)c3cc4cc(NS(C)(=O)=O)c(Cl)cc4s3)c2)c1. The van der Waals surface area contributed by atoms with Gasteiger partial charge in [-0.3, -0.25) is 9.52 Å². The van der Waals surface area contributed by atoms with Crippen molar-refractivity contribution in [2.75, 3.05) is 23.4 Å². The van der Waals surface area contributed by atoms with Gasteiger partial charge in [0.25, 0.3) is 5.91 Å². The highest BCUT2D eigenvalue weighted by atomic mass is 35.5. The molecular formula is C23H17Cl3N2O5S2. The molecule has 0 spiro atoms. The van der Waals surface area contributed by atoms with Crippen molar-refractivity contribution in [3.05, 3.63) is 74.5 Å². The maximum atomic E-state index is 12.9. The summed E-state index contributed by atoms with van der Waals surface area (Å²) in [5, 5.41) is 4.49. The maximum absolute atomic E-state index is 12.9. The minimum atomic E-state index is -3.50. The molecule has 1 aromatic heterocycles. The normalized spacial score (nSPS) is 11.3. The van der Waals surface area contributed by atoms with Crippen LogP contribution in [-0.4, -0.2) is 27.7 Å². The zero-order valence-corrected chi connectivity index (χ0v) is 22.1. The number of ether oxygens (including phenoxy) is 2. The van der Waals surface area contributed by atoms with Crippen LogP contribution in [0.3, 0.4) is 0 Å². The minimum Gasteiger partial charge on any atom is -0.497 e. The molecule has 12 heteroatoms. The number of fused-ring (bicyclic) bond motifs is 1. The molecule has 0 unspecified atom stereocenters. The summed E-state index contributed by atoms with van der Waals surface area (Å²) < 4.78 is 37.3. The molecule has 35 heavy (non-hydrogen) atoms. The Morgan fingerprint density at radius 3 is 2.23 bits per heavy atom. The van der Waals surface area contributed by atoms with Crippen LogP contribution >= 0.6 is 46.1 Å². The highest BCUT2D eigenvalue weighted by Gasteiger charge is 2.15. The van der Waals surface area contributed by atoms with Crippen LogP contribution in [0.1, 0.15) is 9.67 Å². The van der Waals surface area contributed by atoms with Gasteiger partial charge in [-0.25, -0.2) is 8.42 Å². The molecule has 0 aliphatic heterocycles. The third-order valence-corrected chi connectivity index (χ3v) is 7.01. The van der Waals surface area contributed by atoms with E-state index in [0.29, 0.717) is 43.2 Å². The van der Waals surface area contributed by atoms with Crippen LogP contribution in [0.4, 0.5) is 11.4 Å². The first kappa shape index (κ1) is 25.4. The van der Waals surface area contributed by atoms with E-state index in [9.17, 15) is 13.2 Å². The number of carbonyl (C=O) groups is 1. The second-order valence-corrected chi connectivity index (χ2v) is 11.5. The van der Waals surface area contributed by atoms with Crippen LogP contribution in [0.15, 0.2) is 54.6 Å². The van der Waals surface area contributed by atoms with Gasteiger partial charge >= 0.3 is 0 Å². The summed E-state index contributed by atoms with van der Waals surface area (Å²) in [5.74, 6) is 0.978. The van der Waals surface area contributed by atoms with Gasteiger partial charge in [-0.05, 0) is 47.9 Å². The van der Waals surface area contributed by atoms with Crippen LogP contribution < -0.4 is 19.5 Å². The van der Waals surface area contributed by atoms with Gasteiger partial charge in [-0.2, -0.15) is 0 Å². The predicted octanol–water partition coefficient (Wildman–Crippen LogP) is 7.29. The molecule has 3 aromatic carbocycles. The molecule has 4 aromatic rings. The van der Waals surface area contributed by atoms with Crippen LogP contribution in [0.2, 0.25) is 15.1 Å². The molecule has 1 amide bonds. The lowest BCUT2D eigenvalue weighted by Crippen LogP contribution is -2.10. The van der Waals surface area contributed by atoms with Gasteiger partial charge in [-0.1, -0.05) is 34.8 Å². The second kappa shape index (κ2) is 10.1. The zero-order valence-electron chi connectivity index (χ0n) is 18.2. The van der Waals surface area contributed by atoms with Crippen molar-refractivity contribution in [3.63, 3.8) is 0 Å². The molecule has 0 fully saturated rings. The Morgan fingerprint density at radius 1 is 0.886 bits per heavy atom. The number of hydrogen-bond donors (Lipinski definition) is 2. The first-order valence-electron chi connectivity index (χ1n) is 9.84. The average molecular weight is 572 g/mol. The van der Waals surface area contributed by atoms with Gasteiger partial charge in [0.05, 0.1) is 29.0 Å². The average Bonchev–Trinajstić information content (AvgIpc) is 3.15. The Kier molecular flexibility index (Phi) is 7.35. The number of methoxy groups -OCH3 is 1. The van der Waals surface area contributed by atoms with Crippen molar-refractivity contribution in [2.45, 2.75) is 0 Å². The number of benzene rings is 3. The third kappa shape index (κ3) is 6.50. The van der Waals surface area contributed by atoms with E-state index in [1.54, 1.807) is 54.6 Å². The van der Waals surface area contributed by atoms with Crippen molar-refractivity contribution in [1.82, 2.24) is 0 Å². The van der Waals surface area contributed by atoms with E-state index in [1.807, 2.05) is 0 Å². The summed E-state index contributed by atoms with van der Waals surface area (Å²) >= 11 is 19.7. The molecule has 0 saturated heterocycles. The Hall–Kier alpha value is -2.69. The fraction of sp³-hybridized carbons (Fsp3) is 0.0870. The molecule has 182 valence electrons. The van der Waals surface area contributed by atoms with E-state index in [2.05, 4.69) is 10.0 Å². The number of anilines is 2. The molecule has 0 aliphatic carbocycles. The quantitative estimate of drug-likeness (QED) is 0.243. The van der Waals surface area contributed by atoms with E-state index in [1.165, 1.54) is 18.4 Å². The number of halogens is 3. The number of thiophene rings is 1. The molecule has 0 bridgehead atoms. The van der Waals surface area contributed by atoms with Crippen LogP contribution in [-0.2, 0) is 10.0 Å². The maximum Gasteiger partial charge on any atom is 0.265 e. The summed E-state index contributed by atoms with van der Waals surface area (Å²) in [7, 11) is -1.98. The largest absolute Gasteiger partial charge is 0.497 e. The smallest absolute Gasteiger partial charge is 0.265 e. The van der Waals surface area contributed by atoms with Crippen LogP contribution in [0, 0.1) is 0 Å². The van der Waals surface area contributed by atoms with Gasteiger partial charge in [-0.15, -0.1) is 11.3 Å². The van der Waals surface area contributed by atoms with Gasteiger partial charge in [0.15, 0.2) is 0 Å². The van der Waals surface area contributed by atoms with Crippen LogP contribution in [0.5, 0.6) is 17.2 Å². The molecule has 0 saturated carbocycles. The summed E-state index contributed by atoms with van der Waals surface area (Å²) in [6.07, 6.45) is 1.03. The highest BCUT2D eigenvalue weighted by molar-refractivity contribution is 7.92. The number of carbonyl (C=O) groups excluding carboxylic acids is 1. The Labute approximate surface area is 220 Å². The number of nitrogens with one attached hydrogen (secondary N) is 2. The van der Waals surface area contributed by atoms with Crippen LogP contribution in [0.25, 0.3) is 10.1 Å². The Morgan fingerprint density at radius 2 is 1.54 bits per heavy atom. The third-order valence-electron chi connectivity index (χ3n) is 4.57. The van der Waals surface area contributed by atoms with E-state index < -0.39 is 10.0 Å². The molecule has 7 nitrogen and oxygen atoms in total. The molecule has 1 heterocycles. The first-order valence-corrected chi connectivity index (χ1v) is 13.7. The molecule has 0 aliphatic rings. The second-order valence-electron chi connectivity index (χ2n) is 7.41. The number of rotatable bonds is 7. The minimum absolute atomic E-state index is 0.228. The van der Waals surface area contributed by atoms with E-state index in [-0.39, 0.29) is 16.6 Å². The van der Waals surface area contributed by atoms with Crippen molar-refractivity contribution < 1.29 is 22.7 Å². The molecular weight excluding hydrogens is 555 g/mol. The first-order chi connectivity index (χ1) is 16.5. The molecule has 0 radical (unpaired) electrons. The van der Waals surface area contributed by atoms with E-state index >= 15 is 0 Å². The van der Waals surface area contributed by atoms with Gasteiger partial charge in [0.2, 0.25) is 10.0 Å². The molecule has 4 rings (SSSR count). The van der Waals surface area contributed by atoms with Gasteiger partial charge < -0.3 is 14.8 Å². The highest BCUT2D eigenvalue weighted by Crippen LogP contribution is 2.35. The van der Waals surface area contributed by atoms with Gasteiger partial charge in [0.1, 0.15) is 17.2 Å². The molecule has 2 N–H and O–H groups in total. The summed E-state index contributed by atoms with van der Waals surface area (Å²) in [6, 6.07) is 14.6. The Balaban J connectivity index is 1.57. The standard InChI is InChI=1S/C23H17Cl3N2O5S2/c1-32-16-6-14(25)8-18(10-16)33-17-7-13(24)5-15(9-17)27-23(29)22-4-12-3-20(28-35(2,30)31)19(26)11-21(12)34-22/h3-11,28H,1-2H3,(H,27,29).